The highest BCUT2D eigenvalue weighted by Crippen LogP contribution is 2.49. The van der Waals surface area contributed by atoms with Crippen LogP contribution in [-0.2, 0) is 11.8 Å². The highest BCUT2D eigenvalue weighted by atomic mass is 32.1. The summed E-state index contributed by atoms with van der Waals surface area (Å²) in [6, 6.07) is 8.38. The van der Waals surface area contributed by atoms with Gasteiger partial charge in [0.25, 0.3) is 0 Å². The molecule has 1 aromatic carbocycles. The van der Waals surface area contributed by atoms with Gasteiger partial charge in [-0.05, 0) is 47.0 Å². The molecule has 0 aliphatic heterocycles. The summed E-state index contributed by atoms with van der Waals surface area (Å²) >= 11 is 1.68. The summed E-state index contributed by atoms with van der Waals surface area (Å²) in [6.45, 7) is 0. The minimum atomic E-state index is -0.676. The Kier molecular flexibility index (Phi) is 2.65. The third-order valence-electron chi connectivity index (χ3n) is 4.06. The molecular formula is C16H14N2O2S. The maximum absolute atomic E-state index is 11.0. The van der Waals surface area contributed by atoms with Crippen LogP contribution < -0.4 is 0 Å². The van der Waals surface area contributed by atoms with E-state index in [-0.39, 0.29) is 11.8 Å². The summed E-state index contributed by atoms with van der Waals surface area (Å²) < 4.78 is 1.82. The van der Waals surface area contributed by atoms with Crippen LogP contribution in [0.1, 0.15) is 17.9 Å². The van der Waals surface area contributed by atoms with E-state index in [1.165, 1.54) is 10.4 Å². The smallest absolute Gasteiger partial charge is 0.307 e. The van der Waals surface area contributed by atoms with Gasteiger partial charge in [-0.3, -0.25) is 9.48 Å². The highest BCUT2D eigenvalue weighted by Gasteiger charge is 2.44. The first-order chi connectivity index (χ1) is 10.1. The third kappa shape index (κ3) is 2.14. The average Bonchev–Trinajstić information content (AvgIpc) is 2.95. The van der Waals surface area contributed by atoms with Gasteiger partial charge in [0.15, 0.2) is 0 Å². The first kappa shape index (κ1) is 12.6. The molecule has 1 N–H and O–H groups in total. The number of carboxylic acids is 1. The van der Waals surface area contributed by atoms with Crippen LogP contribution in [0.25, 0.3) is 21.3 Å². The number of hydrogen-bond donors (Lipinski definition) is 1. The number of fused-ring (bicyclic) bond motifs is 1. The van der Waals surface area contributed by atoms with Crippen molar-refractivity contribution in [2.24, 2.45) is 13.0 Å². The van der Waals surface area contributed by atoms with Gasteiger partial charge in [-0.2, -0.15) is 5.10 Å². The van der Waals surface area contributed by atoms with E-state index < -0.39 is 5.97 Å². The molecule has 2 atom stereocenters. The second-order valence-electron chi connectivity index (χ2n) is 5.61. The van der Waals surface area contributed by atoms with Crippen LogP contribution in [0.2, 0.25) is 0 Å². The zero-order chi connectivity index (χ0) is 14.6. The molecule has 1 aliphatic rings. The van der Waals surface area contributed by atoms with E-state index >= 15 is 0 Å². The van der Waals surface area contributed by atoms with Gasteiger partial charge in [0.1, 0.15) is 0 Å². The Bertz CT molecular complexity index is 849. The fourth-order valence-electron chi connectivity index (χ4n) is 2.84. The Hall–Kier alpha value is -2.14. The number of nitrogens with zero attached hydrogens (tertiary/aromatic N) is 2. The average molecular weight is 298 g/mol. The molecular weight excluding hydrogens is 284 g/mol. The predicted molar refractivity (Wildman–Crippen MR) is 82.5 cm³/mol. The maximum Gasteiger partial charge on any atom is 0.307 e. The number of rotatable bonds is 3. The summed E-state index contributed by atoms with van der Waals surface area (Å²) in [5.41, 5.74) is 3.32. The molecule has 4 nitrogen and oxygen atoms in total. The molecule has 1 saturated carbocycles. The van der Waals surface area contributed by atoms with Gasteiger partial charge < -0.3 is 5.11 Å². The lowest BCUT2D eigenvalue weighted by atomic mass is 10.1. The van der Waals surface area contributed by atoms with Crippen LogP contribution in [0.3, 0.4) is 0 Å². The largest absolute Gasteiger partial charge is 0.481 e. The van der Waals surface area contributed by atoms with Crippen LogP contribution in [-0.4, -0.2) is 20.9 Å². The number of aryl methyl sites for hydroxylation is 1. The standard InChI is InChI=1S/C16H14N2O2S/c1-18-7-10-4-9(2-3-14(10)17-18)15-5-11(8-21-15)12-6-13(12)16(19)20/h2-5,7-8,12-13H,6H2,1H3,(H,19,20)/t12-,13+/m0/s1. The van der Waals surface area contributed by atoms with Crippen molar-refractivity contribution in [2.45, 2.75) is 12.3 Å². The number of aliphatic carboxylic acids is 1. The first-order valence-corrected chi connectivity index (χ1v) is 7.75. The summed E-state index contributed by atoms with van der Waals surface area (Å²) in [5.74, 6) is -0.660. The van der Waals surface area contributed by atoms with E-state index in [1.807, 2.05) is 24.0 Å². The second kappa shape index (κ2) is 4.43. The van der Waals surface area contributed by atoms with Crippen LogP contribution >= 0.6 is 11.3 Å². The van der Waals surface area contributed by atoms with Crippen molar-refractivity contribution in [3.05, 3.63) is 41.4 Å². The molecule has 0 amide bonds. The third-order valence-corrected chi connectivity index (χ3v) is 5.06. The van der Waals surface area contributed by atoms with E-state index in [4.69, 9.17) is 5.11 Å². The minimum Gasteiger partial charge on any atom is -0.481 e. The van der Waals surface area contributed by atoms with Crippen molar-refractivity contribution in [3.63, 3.8) is 0 Å². The van der Waals surface area contributed by atoms with Crippen LogP contribution in [0.4, 0.5) is 0 Å². The molecule has 0 bridgehead atoms. The van der Waals surface area contributed by atoms with Crippen LogP contribution in [0.5, 0.6) is 0 Å². The summed E-state index contributed by atoms with van der Waals surface area (Å²) in [6.07, 6.45) is 2.78. The SMILES string of the molecule is Cn1cc2cc(-c3cc([C@@H]4C[C@H]4C(=O)O)cs3)ccc2n1. The zero-order valence-corrected chi connectivity index (χ0v) is 12.3. The topological polar surface area (TPSA) is 55.1 Å². The molecule has 1 fully saturated rings. The van der Waals surface area contributed by atoms with E-state index in [2.05, 4.69) is 28.7 Å². The number of carbonyl (C=O) groups is 1. The molecule has 0 unspecified atom stereocenters. The van der Waals surface area contributed by atoms with Crippen molar-refractivity contribution < 1.29 is 9.90 Å². The maximum atomic E-state index is 11.0. The van der Waals surface area contributed by atoms with Gasteiger partial charge in [-0.15, -0.1) is 11.3 Å². The Morgan fingerprint density at radius 2 is 2.29 bits per heavy atom. The molecule has 1 aliphatic carbocycles. The molecule has 4 rings (SSSR count). The summed E-state index contributed by atoms with van der Waals surface area (Å²) in [7, 11) is 1.92. The van der Waals surface area contributed by atoms with E-state index in [1.54, 1.807) is 11.3 Å². The fourth-order valence-corrected chi connectivity index (χ4v) is 3.81. The van der Waals surface area contributed by atoms with Crippen molar-refractivity contribution in [1.82, 2.24) is 9.78 Å². The van der Waals surface area contributed by atoms with Gasteiger partial charge in [-0.1, -0.05) is 6.07 Å². The van der Waals surface area contributed by atoms with Gasteiger partial charge in [0.05, 0.1) is 11.4 Å². The molecule has 21 heavy (non-hydrogen) atoms. The zero-order valence-electron chi connectivity index (χ0n) is 11.5. The van der Waals surface area contributed by atoms with Crippen molar-refractivity contribution in [1.29, 1.82) is 0 Å². The van der Waals surface area contributed by atoms with Crippen molar-refractivity contribution in [2.75, 3.05) is 0 Å². The Morgan fingerprint density at radius 3 is 3.05 bits per heavy atom. The Balaban J connectivity index is 1.66. The number of hydrogen-bond acceptors (Lipinski definition) is 3. The van der Waals surface area contributed by atoms with E-state index in [0.717, 1.165) is 22.9 Å². The molecule has 0 spiro atoms. The van der Waals surface area contributed by atoms with Crippen LogP contribution in [0, 0.1) is 5.92 Å². The molecule has 0 radical (unpaired) electrons. The van der Waals surface area contributed by atoms with Gasteiger partial charge in [0.2, 0.25) is 0 Å². The number of carboxylic acid groups (broad SMARTS) is 1. The lowest BCUT2D eigenvalue weighted by Crippen LogP contribution is -1.98. The lowest BCUT2D eigenvalue weighted by molar-refractivity contribution is -0.138. The summed E-state index contributed by atoms with van der Waals surface area (Å²) in [4.78, 5) is 12.2. The lowest BCUT2D eigenvalue weighted by Gasteiger charge is -1.97. The van der Waals surface area contributed by atoms with Crippen molar-refractivity contribution in [3.8, 4) is 10.4 Å². The molecule has 0 saturated heterocycles. The van der Waals surface area contributed by atoms with Gasteiger partial charge >= 0.3 is 5.97 Å². The Morgan fingerprint density at radius 1 is 1.43 bits per heavy atom. The molecule has 2 aromatic heterocycles. The van der Waals surface area contributed by atoms with E-state index in [9.17, 15) is 4.79 Å². The van der Waals surface area contributed by atoms with Crippen molar-refractivity contribution >= 4 is 28.2 Å². The minimum absolute atomic E-state index is 0.187. The van der Waals surface area contributed by atoms with Crippen LogP contribution in [0.15, 0.2) is 35.8 Å². The monoisotopic (exact) mass is 298 g/mol. The molecule has 5 heteroatoms. The number of benzene rings is 1. The molecule has 106 valence electrons. The predicted octanol–water partition coefficient (Wildman–Crippen LogP) is 3.49. The normalized spacial score (nSPS) is 20.8. The fraction of sp³-hybridized carbons (Fsp3) is 0.250. The van der Waals surface area contributed by atoms with Gasteiger partial charge in [-0.25, -0.2) is 0 Å². The Labute approximate surface area is 125 Å². The quantitative estimate of drug-likeness (QED) is 0.805. The van der Waals surface area contributed by atoms with Gasteiger partial charge in [0, 0.05) is 23.5 Å². The van der Waals surface area contributed by atoms with E-state index in [0.29, 0.717) is 0 Å². The first-order valence-electron chi connectivity index (χ1n) is 6.87. The second-order valence-corrected chi connectivity index (χ2v) is 6.52. The summed E-state index contributed by atoms with van der Waals surface area (Å²) in [5, 5.41) is 16.6. The number of thiophene rings is 1. The molecule has 2 heterocycles. The number of aromatic nitrogens is 2. The molecule has 3 aromatic rings. The highest BCUT2D eigenvalue weighted by molar-refractivity contribution is 7.13.